The predicted molar refractivity (Wildman–Crippen MR) is 88.7 cm³/mol. The van der Waals surface area contributed by atoms with Crippen LogP contribution in [0.2, 0.25) is 0 Å². The molecule has 1 aliphatic heterocycles. The molecule has 3 rings (SSSR count). The molecule has 0 radical (unpaired) electrons. The predicted octanol–water partition coefficient (Wildman–Crippen LogP) is 1.38. The number of aryl methyl sites for hydroxylation is 1. The van der Waals surface area contributed by atoms with Crippen LogP contribution in [0.4, 0.5) is 11.8 Å². The Labute approximate surface area is 135 Å². The molecule has 0 unspecified atom stereocenters. The molecule has 8 heteroatoms. The maximum atomic E-state index is 5.20. The summed E-state index contributed by atoms with van der Waals surface area (Å²) in [6.07, 6.45) is 5.19. The minimum absolute atomic E-state index is 0.334. The number of fused-ring (bicyclic) bond motifs is 1. The Kier molecular flexibility index (Phi) is 4.92. The standard InChI is InChI=1S/C15H24N6O2/c1-20-13-11(9-17-20)14(21-7-5-4-6-8-21)19-15(18-13)16-10-12(22-2)23-3/h9,12H,4-8,10H2,1-3H3,(H,16,18,19). The Morgan fingerprint density at radius 1 is 1.17 bits per heavy atom. The number of hydrogen-bond donors (Lipinski definition) is 1. The zero-order valence-electron chi connectivity index (χ0n) is 13.9. The monoisotopic (exact) mass is 320 g/mol. The summed E-state index contributed by atoms with van der Waals surface area (Å²) in [6.45, 7) is 2.54. The normalized spacial score (nSPS) is 15.6. The van der Waals surface area contributed by atoms with Gasteiger partial charge in [-0.05, 0) is 19.3 Å². The van der Waals surface area contributed by atoms with Gasteiger partial charge in [0.1, 0.15) is 5.82 Å². The van der Waals surface area contributed by atoms with Gasteiger partial charge < -0.3 is 19.7 Å². The Morgan fingerprint density at radius 3 is 2.61 bits per heavy atom. The van der Waals surface area contributed by atoms with Crippen LogP contribution in [0.15, 0.2) is 6.20 Å². The number of anilines is 2. The van der Waals surface area contributed by atoms with E-state index in [9.17, 15) is 0 Å². The summed E-state index contributed by atoms with van der Waals surface area (Å²) >= 11 is 0. The lowest BCUT2D eigenvalue weighted by molar-refractivity contribution is -0.0914. The number of nitrogens with zero attached hydrogens (tertiary/aromatic N) is 5. The molecule has 23 heavy (non-hydrogen) atoms. The van der Waals surface area contributed by atoms with E-state index in [-0.39, 0.29) is 6.29 Å². The molecule has 1 fully saturated rings. The van der Waals surface area contributed by atoms with Gasteiger partial charge in [-0.15, -0.1) is 0 Å². The molecule has 8 nitrogen and oxygen atoms in total. The molecule has 126 valence electrons. The van der Waals surface area contributed by atoms with Gasteiger partial charge in [-0.1, -0.05) is 0 Å². The van der Waals surface area contributed by atoms with Crippen LogP contribution in [0.25, 0.3) is 11.0 Å². The van der Waals surface area contributed by atoms with Crippen molar-refractivity contribution in [1.29, 1.82) is 0 Å². The molecule has 1 N–H and O–H groups in total. The van der Waals surface area contributed by atoms with Crippen molar-refractivity contribution in [3.8, 4) is 0 Å². The summed E-state index contributed by atoms with van der Waals surface area (Å²) in [7, 11) is 5.12. The highest BCUT2D eigenvalue weighted by Gasteiger charge is 2.19. The van der Waals surface area contributed by atoms with Crippen LogP contribution in [0.1, 0.15) is 19.3 Å². The summed E-state index contributed by atoms with van der Waals surface area (Å²) in [6, 6.07) is 0. The molecule has 0 bridgehead atoms. The summed E-state index contributed by atoms with van der Waals surface area (Å²) in [5.41, 5.74) is 0.828. The van der Waals surface area contributed by atoms with Crippen molar-refractivity contribution in [2.75, 3.05) is 44.1 Å². The van der Waals surface area contributed by atoms with Crippen molar-refractivity contribution in [3.05, 3.63) is 6.20 Å². The molecule has 2 aromatic rings. The largest absolute Gasteiger partial charge is 0.356 e. The Morgan fingerprint density at radius 2 is 1.91 bits per heavy atom. The van der Waals surface area contributed by atoms with E-state index in [1.807, 2.05) is 13.2 Å². The molecular formula is C15H24N6O2. The van der Waals surface area contributed by atoms with Gasteiger partial charge in [-0.3, -0.25) is 4.68 Å². The van der Waals surface area contributed by atoms with Gasteiger partial charge in [0, 0.05) is 34.4 Å². The van der Waals surface area contributed by atoms with Crippen LogP contribution in [0.5, 0.6) is 0 Å². The van der Waals surface area contributed by atoms with Crippen LogP contribution >= 0.6 is 0 Å². The zero-order valence-corrected chi connectivity index (χ0v) is 13.9. The van der Waals surface area contributed by atoms with Gasteiger partial charge in [0.2, 0.25) is 5.95 Å². The highest BCUT2D eigenvalue weighted by molar-refractivity contribution is 5.88. The SMILES string of the molecule is COC(CNc1nc(N2CCCCC2)c2cnn(C)c2n1)OC. The maximum Gasteiger partial charge on any atom is 0.226 e. The third-order valence-corrected chi connectivity index (χ3v) is 4.18. The van der Waals surface area contributed by atoms with Crippen LogP contribution in [-0.4, -0.2) is 59.9 Å². The van der Waals surface area contributed by atoms with Crippen LogP contribution in [0.3, 0.4) is 0 Å². The Bertz CT molecular complexity index is 649. The average Bonchev–Trinajstić information content (AvgIpc) is 2.97. The number of nitrogens with one attached hydrogen (secondary N) is 1. The van der Waals surface area contributed by atoms with Gasteiger partial charge in [-0.25, -0.2) is 0 Å². The van der Waals surface area contributed by atoms with Gasteiger partial charge in [0.25, 0.3) is 0 Å². The first-order valence-corrected chi connectivity index (χ1v) is 7.97. The summed E-state index contributed by atoms with van der Waals surface area (Å²) < 4.78 is 12.2. The maximum absolute atomic E-state index is 5.20. The molecule has 2 aromatic heterocycles. The number of ether oxygens (including phenoxy) is 2. The fourth-order valence-corrected chi connectivity index (χ4v) is 2.87. The van der Waals surface area contributed by atoms with Crippen molar-refractivity contribution in [1.82, 2.24) is 19.7 Å². The van der Waals surface area contributed by atoms with Crippen molar-refractivity contribution in [2.45, 2.75) is 25.6 Å². The van der Waals surface area contributed by atoms with E-state index in [4.69, 9.17) is 14.5 Å². The van der Waals surface area contributed by atoms with E-state index in [2.05, 4.69) is 20.3 Å². The fourth-order valence-electron chi connectivity index (χ4n) is 2.87. The first kappa shape index (κ1) is 15.9. The van der Waals surface area contributed by atoms with Crippen LogP contribution < -0.4 is 10.2 Å². The third kappa shape index (κ3) is 3.37. The van der Waals surface area contributed by atoms with Crippen molar-refractivity contribution in [3.63, 3.8) is 0 Å². The second-order valence-electron chi connectivity index (χ2n) is 5.71. The molecule has 1 aliphatic rings. The van der Waals surface area contributed by atoms with Gasteiger partial charge in [-0.2, -0.15) is 15.1 Å². The molecule has 0 amide bonds. The molecule has 0 spiro atoms. The van der Waals surface area contributed by atoms with Crippen molar-refractivity contribution >= 4 is 22.8 Å². The van der Waals surface area contributed by atoms with Crippen molar-refractivity contribution in [2.24, 2.45) is 7.05 Å². The highest BCUT2D eigenvalue weighted by Crippen LogP contribution is 2.27. The van der Waals surface area contributed by atoms with E-state index in [1.54, 1.807) is 18.9 Å². The third-order valence-electron chi connectivity index (χ3n) is 4.18. The number of aromatic nitrogens is 4. The Balaban J connectivity index is 1.90. The first-order chi connectivity index (χ1) is 11.2. The van der Waals surface area contributed by atoms with Gasteiger partial charge >= 0.3 is 0 Å². The molecule has 0 aliphatic carbocycles. The number of piperidine rings is 1. The van der Waals surface area contributed by atoms with E-state index >= 15 is 0 Å². The number of hydrogen-bond acceptors (Lipinski definition) is 7. The van der Waals surface area contributed by atoms with E-state index in [0.717, 1.165) is 29.9 Å². The Hall–Kier alpha value is -1.93. The quantitative estimate of drug-likeness (QED) is 0.806. The lowest BCUT2D eigenvalue weighted by Crippen LogP contribution is -2.31. The number of rotatable bonds is 6. The van der Waals surface area contributed by atoms with Gasteiger partial charge in [0.05, 0.1) is 18.1 Å². The molecule has 0 aromatic carbocycles. The second-order valence-corrected chi connectivity index (χ2v) is 5.71. The van der Waals surface area contributed by atoms with Crippen LogP contribution in [0, 0.1) is 0 Å². The minimum atomic E-state index is -0.334. The van der Waals surface area contributed by atoms with Crippen molar-refractivity contribution < 1.29 is 9.47 Å². The summed E-state index contributed by atoms with van der Waals surface area (Å²) in [4.78, 5) is 11.6. The number of methoxy groups -OCH3 is 2. The summed E-state index contributed by atoms with van der Waals surface area (Å²) in [5, 5.41) is 8.52. The smallest absolute Gasteiger partial charge is 0.226 e. The highest BCUT2D eigenvalue weighted by atomic mass is 16.7. The summed E-state index contributed by atoms with van der Waals surface area (Å²) in [5.74, 6) is 1.53. The van der Waals surface area contributed by atoms with Gasteiger partial charge in [0.15, 0.2) is 11.9 Å². The fraction of sp³-hybridized carbons (Fsp3) is 0.667. The topological polar surface area (TPSA) is 77.3 Å². The minimum Gasteiger partial charge on any atom is -0.356 e. The molecule has 0 saturated carbocycles. The molecule has 0 atom stereocenters. The lowest BCUT2D eigenvalue weighted by atomic mass is 10.1. The molecular weight excluding hydrogens is 296 g/mol. The first-order valence-electron chi connectivity index (χ1n) is 7.97. The zero-order chi connectivity index (χ0) is 16.2. The second kappa shape index (κ2) is 7.10. The molecule has 3 heterocycles. The average molecular weight is 320 g/mol. The lowest BCUT2D eigenvalue weighted by Gasteiger charge is -2.28. The molecule has 1 saturated heterocycles. The van der Waals surface area contributed by atoms with E-state index in [1.165, 1.54) is 19.3 Å². The van der Waals surface area contributed by atoms with E-state index < -0.39 is 0 Å². The van der Waals surface area contributed by atoms with Crippen LogP contribution in [-0.2, 0) is 16.5 Å². The van der Waals surface area contributed by atoms with E-state index in [0.29, 0.717) is 12.5 Å².